The molecule has 13 atom stereocenters. The van der Waals surface area contributed by atoms with Crippen LogP contribution in [-0.2, 0) is 38.3 Å². The van der Waals surface area contributed by atoms with E-state index in [4.69, 9.17) is 14.2 Å². The minimum atomic E-state index is -2.00. The van der Waals surface area contributed by atoms with E-state index in [-0.39, 0.29) is 50.0 Å². The van der Waals surface area contributed by atoms with Crippen LogP contribution in [0.1, 0.15) is 71.6 Å². The van der Waals surface area contributed by atoms with E-state index < -0.39 is 80.1 Å². The molecule has 0 bridgehead atoms. The molecule has 0 spiro atoms. The summed E-state index contributed by atoms with van der Waals surface area (Å²) in [5, 5.41) is 54.6. The summed E-state index contributed by atoms with van der Waals surface area (Å²) in [4.78, 5) is 72.4. The van der Waals surface area contributed by atoms with Crippen LogP contribution in [0.4, 0.5) is 0 Å². The predicted octanol–water partition coefficient (Wildman–Crippen LogP) is 1.40. The van der Waals surface area contributed by atoms with Gasteiger partial charge in [-0.2, -0.15) is 0 Å². The Morgan fingerprint density at radius 3 is 2.17 bits per heavy atom. The lowest BCUT2D eigenvalue weighted by atomic mass is 9.41. The molecule has 19 heteroatoms. The maximum Gasteiger partial charge on any atom is 0.331 e. The number of ether oxygens (including phenoxy) is 3. The van der Waals surface area contributed by atoms with Gasteiger partial charge in [0, 0.05) is 17.9 Å². The zero-order chi connectivity index (χ0) is 34.8. The Hall–Kier alpha value is -3.68. The van der Waals surface area contributed by atoms with E-state index in [0.29, 0.717) is 32.1 Å². The van der Waals surface area contributed by atoms with Gasteiger partial charge in [0.1, 0.15) is 12.9 Å². The Labute approximate surface area is 273 Å². The second-order valence-electron chi connectivity index (χ2n) is 14.3. The number of nitrogens with zero attached hydrogens (tertiary/aromatic N) is 3. The highest BCUT2D eigenvalue weighted by Gasteiger charge is 2.71. The minimum absolute atomic E-state index is 0.0577. The number of hydrogen-bond acceptors (Lipinski definition) is 16. The smallest absolute Gasteiger partial charge is 0.331 e. The maximum atomic E-state index is 13.1. The van der Waals surface area contributed by atoms with Gasteiger partial charge in [0.25, 0.3) is 15.3 Å². The summed E-state index contributed by atoms with van der Waals surface area (Å²) in [5.74, 6) is -1.12. The molecule has 5 fully saturated rings. The van der Waals surface area contributed by atoms with Crippen molar-refractivity contribution in [3.8, 4) is 0 Å². The third-order valence-corrected chi connectivity index (χ3v) is 12.5. The second-order valence-corrected chi connectivity index (χ2v) is 14.3. The molecule has 266 valence electrons. The first-order chi connectivity index (χ1) is 22.6. The lowest BCUT2D eigenvalue weighted by molar-refractivity contribution is -0.824. The Morgan fingerprint density at radius 2 is 1.54 bits per heavy atom. The van der Waals surface area contributed by atoms with E-state index in [1.807, 2.05) is 6.92 Å². The standard InChI is InChI=1S/C29H39N3O16/c1-15-22(46-30(37)38)23(47-31(39)40)24(48-32(41)42)25(44-15)45-17-3-8-27(14-33)19-4-7-26(2)18(16-11-21(34)43-13-16)6-10-29(26,36)20(19)5-9-28(27,35)12-17/h11,14-15,17-20,22-25,35-36H,3-10,12-13H2,1-2H3. The van der Waals surface area contributed by atoms with Crippen molar-refractivity contribution in [1.82, 2.24) is 0 Å². The number of aldehydes is 1. The third-order valence-electron chi connectivity index (χ3n) is 12.5. The average Bonchev–Trinajstić information content (AvgIpc) is 3.55. The molecule has 19 nitrogen and oxygen atoms in total. The summed E-state index contributed by atoms with van der Waals surface area (Å²) in [7, 11) is 0. The first-order valence-corrected chi connectivity index (χ1v) is 16.1. The highest BCUT2D eigenvalue weighted by atomic mass is 17.0. The monoisotopic (exact) mass is 685 g/mol. The van der Waals surface area contributed by atoms with Crippen LogP contribution in [0, 0.1) is 58.9 Å². The van der Waals surface area contributed by atoms with E-state index in [0.717, 1.165) is 11.9 Å². The van der Waals surface area contributed by atoms with Crippen molar-refractivity contribution in [2.45, 2.75) is 120 Å². The van der Waals surface area contributed by atoms with Gasteiger partial charge in [-0.3, -0.25) is 0 Å². The molecule has 13 unspecified atom stereocenters. The van der Waals surface area contributed by atoms with Gasteiger partial charge in [0.15, 0.2) is 24.6 Å². The largest absolute Gasteiger partial charge is 0.458 e. The molecule has 0 aromatic carbocycles. The highest BCUT2D eigenvalue weighted by Crippen LogP contribution is 2.70. The molecule has 48 heavy (non-hydrogen) atoms. The molecule has 1 saturated heterocycles. The SMILES string of the molecule is CC1OC(OC2CCC3(C=O)C4CCC5(C)C(C6=CC(=O)OC6)CCC5(O)C4CCC3(O)C2)C(O[N+](=O)[O-])C(O[N+](=O)[O-])C1O[N+](=O)[O-]. The predicted molar refractivity (Wildman–Crippen MR) is 152 cm³/mol. The van der Waals surface area contributed by atoms with Gasteiger partial charge in [-0.25, -0.2) is 4.79 Å². The molecule has 0 amide bonds. The normalized spacial score (nSPS) is 46.5. The molecule has 4 saturated carbocycles. The van der Waals surface area contributed by atoms with Crippen molar-refractivity contribution in [2.75, 3.05) is 6.61 Å². The Balaban J connectivity index is 1.22. The van der Waals surface area contributed by atoms with E-state index in [2.05, 4.69) is 14.5 Å². The van der Waals surface area contributed by atoms with Crippen LogP contribution in [0.3, 0.4) is 0 Å². The Kier molecular flexibility index (Phi) is 8.57. The zero-order valence-corrected chi connectivity index (χ0v) is 26.4. The summed E-state index contributed by atoms with van der Waals surface area (Å²) >= 11 is 0. The summed E-state index contributed by atoms with van der Waals surface area (Å²) in [6, 6.07) is 0. The Morgan fingerprint density at radius 1 is 0.896 bits per heavy atom. The van der Waals surface area contributed by atoms with E-state index in [1.54, 1.807) is 0 Å². The summed E-state index contributed by atoms with van der Waals surface area (Å²) in [6.07, 6.45) is -4.34. The lowest BCUT2D eigenvalue weighted by Gasteiger charge is -2.65. The topological polar surface area (TPSA) is 259 Å². The maximum absolute atomic E-state index is 13.1. The number of carbonyl (C=O) groups excluding carboxylic acids is 2. The number of carbonyl (C=O) groups is 2. The van der Waals surface area contributed by atoms with Crippen molar-refractivity contribution < 1.29 is 63.8 Å². The van der Waals surface area contributed by atoms with Crippen molar-refractivity contribution in [3.05, 3.63) is 42.0 Å². The van der Waals surface area contributed by atoms with Crippen LogP contribution in [0.25, 0.3) is 0 Å². The first-order valence-electron chi connectivity index (χ1n) is 16.1. The molecule has 0 aromatic heterocycles. The van der Waals surface area contributed by atoms with Gasteiger partial charge in [0.05, 0.1) is 28.8 Å². The lowest BCUT2D eigenvalue weighted by Crippen LogP contribution is -2.69. The highest BCUT2D eigenvalue weighted by molar-refractivity contribution is 5.85. The second kappa shape index (κ2) is 12.0. The molecule has 4 aliphatic carbocycles. The van der Waals surface area contributed by atoms with E-state index in [1.165, 1.54) is 13.0 Å². The average molecular weight is 686 g/mol. The molecular formula is C29H39N3O16. The van der Waals surface area contributed by atoms with Gasteiger partial charge in [0.2, 0.25) is 0 Å². The van der Waals surface area contributed by atoms with Crippen molar-refractivity contribution in [2.24, 2.45) is 28.6 Å². The summed E-state index contributed by atoms with van der Waals surface area (Å²) in [6.45, 7) is 3.51. The minimum Gasteiger partial charge on any atom is -0.458 e. The Bertz CT molecular complexity index is 1400. The molecule has 0 aromatic rings. The van der Waals surface area contributed by atoms with Crippen LogP contribution >= 0.6 is 0 Å². The molecule has 6 aliphatic rings. The number of hydrogen-bond donors (Lipinski definition) is 2. The van der Waals surface area contributed by atoms with Crippen LogP contribution in [0.5, 0.6) is 0 Å². The number of cyclic esters (lactones) is 1. The fraction of sp³-hybridized carbons (Fsp3) is 0.862. The van der Waals surface area contributed by atoms with Gasteiger partial charge >= 0.3 is 5.97 Å². The van der Waals surface area contributed by atoms with Crippen LogP contribution in [-0.4, -0.2) is 92.3 Å². The van der Waals surface area contributed by atoms with Crippen LogP contribution in [0.2, 0.25) is 0 Å². The van der Waals surface area contributed by atoms with Crippen molar-refractivity contribution in [3.63, 3.8) is 0 Å². The quantitative estimate of drug-likeness (QED) is 0.108. The summed E-state index contributed by atoms with van der Waals surface area (Å²) < 4.78 is 16.9. The van der Waals surface area contributed by atoms with Crippen molar-refractivity contribution >= 4 is 12.3 Å². The van der Waals surface area contributed by atoms with Gasteiger partial charge in [-0.05, 0) is 81.6 Å². The van der Waals surface area contributed by atoms with Gasteiger partial charge in [-0.1, -0.05) is 6.92 Å². The zero-order valence-electron chi connectivity index (χ0n) is 26.4. The van der Waals surface area contributed by atoms with E-state index in [9.17, 15) is 50.1 Å². The molecule has 2 N–H and O–H groups in total. The number of aliphatic hydroxyl groups is 2. The first kappa shape index (κ1) is 34.2. The van der Waals surface area contributed by atoms with Crippen LogP contribution < -0.4 is 0 Å². The number of rotatable bonds is 10. The third kappa shape index (κ3) is 5.25. The summed E-state index contributed by atoms with van der Waals surface area (Å²) in [5.41, 5.74) is -3.68. The number of esters is 1. The van der Waals surface area contributed by atoms with Crippen LogP contribution in [0.15, 0.2) is 11.6 Å². The molecule has 6 rings (SSSR count). The van der Waals surface area contributed by atoms with Gasteiger partial charge < -0.3 is 43.7 Å². The fourth-order valence-corrected chi connectivity index (χ4v) is 10.4. The molecule has 2 aliphatic heterocycles. The van der Waals surface area contributed by atoms with Crippen molar-refractivity contribution in [1.29, 1.82) is 0 Å². The molecule has 0 radical (unpaired) electrons. The van der Waals surface area contributed by atoms with E-state index >= 15 is 0 Å². The number of fused-ring (bicyclic) bond motifs is 5. The molecular weight excluding hydrogens is 646 g/mol. The fourth-order valence-electron chi connectivity index (χ4n) is 10.4. The molecule has 2 heterocycles. The van der Waals surface area contributed by atoms with Gasteiger partial charge in [-0.15, -0.1) is 30.3 Å².